The van der Waals surface area contributed by atoms with Gasteiger partial charge in [0.25, 0.3) is 0 Å². The molecule has 0 aromatic heterocycles. The third-order valence-electron chi connectivity index (χ3n) is 2.57. The largest absolute Gasteiger partial charge is 0.366 e. The van der Waals surface area contributed by atoms with Gasteiger partial charge in [0.1, 0.15) is 0 Å². The van der Waals surface area contributed by atoms with Gasteiger partial charge in [-0.3, -0.25) is 14.4 Å². The van der Waals surface area contributed by atoms with E-state index in [9.17, 15) is 14.4 Å². The number of carbonyl (C=O) groups excluding carboxylic acids is 3. The average molecular weight is 292 g/mol. The lowest BCUT2D eigenvalue weighted by atomic mass is 10.1. The molecule has 3 amide bonds. The molecule has 1 aromatic rings. The summed E-state index contributed by atoms with van der Waals surface area (Å²) in [5.74, 6) is -1.72. The quantitative estimate of drug-likeness (QED) is 0.618. The molecule has 0 spiro atoms. The van der Waals surface area contributed by atoms with Gasteiger partial charge in [-0.1, -0.05) is 0 Å². The maximum Gasteiger partial charge on any atom is 0.248 e. The van der Waals surface area contributed by atoms with Gasteiger partial charge in [-0.2, -0.15) is 0 Å². The van der Waals surface area contributed by atoms with Crippen molar-refractivity contribution in [2.75, 3.05) is 11.9 Å². The lowest BCUT2D eigenvalue weighted by Gasteiger charge is -2.20. The Morgan fingerprint density at radius 3 is 1.86 bits per heavy atom. The highest BCUT2D eigenvalue weighted by Gasteiger charge is 2.13. The molecule has 0 unspecified atom stereocenters. The maximum atomic E-state index is 11.8. The van der Waals surface area contributed by atoms with E-state index in [1.807, 2.05) is 20.8 Å². The molecule has 0 fully saturated rings. The van der Waals surface area contributed by atoms with Crippen LogP contribution in [0, 0.1) is 0 Å². The lowest BCUT2D eigenvalue weighted by Crippen LogP contribution is -2.41. The number of carbonyl (C=O) groups is 3. The summed E-state index contributed by atoms with van der Waals surface area (Å²) < 4.78 is 0. The van der Waals surface area contributed by atoms with Crippen molar-refractivity contribution in [3.63, 3.8) is 0 Å². The second kappa shape index (κ2) is 6.36. The first kappa shape index (κ1) is 16.6. The normalized spacial score (nSPS) is 11.0. The molecule has 7 nitrogen and oxygen atoms in total. The molecule has 0 bridgehead atoms. The first-order valence-electron chi connectivity index (χ1n) is 6.38. The summed E-state index contributed by atoms with van der Waals surface area (Å²) in [5.41, 5.74) is 10.7. The molecule has 0 saturated carbocycles. The van der Waals surface area contributed by atoms with Gasteiger partial charge in [0.15, 0.2) is 0 Å². The molecule has 0 aliphatic carbocycles. The van der Waals surface area contributed by atoms with Crippen LogP contribution in [0.5, 0.6) is 0 Å². The molecule has 0 aliphatic rings. The van der Waals surface area contributed by atoms with E-state index in [2.05, 4.69) is 10.6 Å². The SMILES string of the molecule is CC(C)(C)NCC(=O)Nc1cc(C(N)=O)cc(C(N)=O)c1. The smallest absolute Gasteiger partial charge is 0.248 e. The second-order valence-corrected chi connectivity index (χ2v) is 5.68. The van der Waals surface area contributed by atoms with Crippen LogP contribution in [-0.4, -0.2) is 29.8 Å². The molecule has 0 heterocycles. The fourth-order valence-electron chi connectivity index (χ4n) is 1.53. The third-order valence-corrected chi connectivity index (χ3v) is 2.57. The number of rotatable bonds is 5. The standard InChI is InChI=1S/C14H20N4O3/c1-14(2,3)17-7-11(19)18-10-5-8(12(15)20)4-9(6-10)13(16)21/h4-6,17H,7H2,1-3H3,(H2,15,20)(H2,16,21)(H,18,19). The molecule has 0 radical (unpaired) electrons. The zero-order valence-electron chi connectivity index (χ0n) is 12.3. The summed E-state index contributed by atoms with van der Waals surface area (Å²) in [6.45, 7) is 5.88. The second-order valence-electron chi connectivity index (χ2n) is 5.68. The highest BCUT2D eigenvalue weighted by atomic mass is 16.2. The van der Waals surface area contributed by atoms with Crippen LogP contribution in [0.25, 0.3) is 0 Å². The minimum absolute atomic E-state index is 0.0935. The van der Waals surface area contributed by atoms with Gasteiger partial charge in [-0.05, 0) is 39.0 Å². The van der Waals surface area contributed by atoms with Crippen molar-refractivity contribution in [2.24, 2.45) is 11.5 Å². The molecule has 6 N–H and O–H groups in total. The Morgan fingerprint density at radius 1 is 1.00 bits per heavy atom. The molecule has 7 heteroatoms. The van der Waals surface area contributed by atoms with Crippen LogP contribution in [-0.2, 0) is 4.79 Å². The fourth-order valence-corrected chi connectivity index (χ4v) is 1.53. The molecular weight excluding hydrogens is 272 g/mol. The van der Waals surface area contributed by atoms with Crippen LogP contribution in [0.2, 0.25) is 0 Å². The van der Waals surface area contributed by atoms with E-state index in [0.29, 0.717) is 5.69 Å². The van der Waals surface area contributed by atoms with Crippen molar-refractivity contribution in [1.82, 2.24) is 5.32 Å². The molecule has 1 rings (SSSR count). The molecule has 114 valence electrons. The highest BCUT2D eigenvalue weighted by molar-refractivity contribution is 6.01. The monoisotopic (exact) mass is 292 g/mol. The van der Waals surface area contributed by atoms with Crippen molar-refractivity contribution < 1.29 is 14.4 Å². The van der Waals surface area contributed by atoms with E-state index in [-0.39, 0.29) is 29.1 Å². The summed E-state index contributed by atoms with van der Waals surface area (Å²) in [4.78, 5) is 34.2. The van der Waals surface area contributed by atoms with Gasteiger partial charge in [0.2, 0.25) is 17.7 Å². The summed E-state index contributed by atoms with van der Waals surface area (Å²) in [6, 6.07) is 4.07. The number of primary amides is 2. The van der Waals surface area contributed by atoms with Crippen molar-refractivity contribution >= 4 is 23.4 Å². The van der Waals surface area contributed by atoms with Crippen molar-refractivity contribution in [2.45, 2.75) is 26.3 Å². The van der Waals surface area contributed by atoms with E-state index in [1.54, 1.807) is 0 Å². The number of benzene rings is 1. The number of nitrogens with one attached hydrogen (secondary N) is 2. The number of hydrogen-bond acceptors (Lipinski definition) is 4. The maximum absolute atomic E-state index is 11.8. The molecule has 0 atom stereocenters. The van der Waals surface area contributed by atoms with Crippen LogP contribution in [0.1, 0.15) is 41.5 Å². The molecule has 1 aromatic carbocycles. The van der Waals surface area contributed by atoms with Crippen LogP contribution in [0.3, 0.4) is 0 Å². The van der Waals surface area contributed by atoms with Gasteiger partial charge < -0.3 is 22.1 Å². The summed E-state index contributed by atoms with van der Waals surface area (Å²) in [7, 11) is 0. The zero-order chi connectivity index (χ0) is 16.2. The van der Waals surface area contributed by atoms with E-state index >= 15 is 0 Å². The first-order chi connectivity index (χ1) is 9.58. The van der Waals surface area contributed by atoms with Crippen LogP contribution in [0.4, 0.5) is 5.69 Å². The average Bonchev–Trinajstić information content (AvgIpc) is 2.35. The Labute approximate surface area is 123 Å². The number of amides is 3. The van der Waals surface area contributed by atoms with E-state index < -0.39 is 11.8 Å². The third kappa shape index (κ3) is 5.62. The van der Waals surface area contributed by atoms with Gasteiger partial charge in [0, 0.05) is 22.4 Å². The summed E-state index contributed by atoms with van der Waals surface area (Å²) in [5, 5.41) is 5.61. The van der Waals surface area contributed by atoms with Gasteiger partial charge >= 0.3 is 0 Å². The Morgan fingerprint density at radius 2 is 1.48 bits per heavy atom. The van der Waals surface area contributed by atoms with Gasteiger partial charge in [0.05, 0.1) is 6.54 Å². The van der Waals surface area contributed by atoms with E-state index in [1.165, 1.54) is 18.2 Å². The zero-order valence-corrected chi connectivity index (χ0v) is 12.3. The van der Waals surface area contributed by atoms with Crippen molar-refractivity contribution in [1.29, 1.82) is 0 Å². The van der Waals surface area contributed by atoms with Crippen molar-refractivity contribution in [3.05, 3.63) is 29.3 Å². The Kier molecular flexibility index (Phi) is 5.04. The fraction of sp³-hybridized carbons (Fsp3) is 0.357. The Hall–Kier alpha value is -2.41. The summed E-state index contributed by atoms with van der Waals surface area (Å²) >= 11 is 0. The topological polar surface area (TPSA) is 127 Å². The van der Waals surface area contributed by atoms with Gasteiger partial charge in [-0.25, -0.2) is 0 Å². The molecular formula is C14H20N4O3. The predicted octanol–water partition coefficient (Wildman–Crippen LogP) is 0.211. The number of anilines is 1. The predicted molar refractivity (Wildman–Crippen MR) is 79.9 cm³/mol. The number of hydrogen-bond donors (Lipinski definition) is 4. The van der Waals surface area contributed by atoms with E-state index in [0.717, 1.165) is 0 Å². The minimum Gasteiger partial charge on any atom is -0.366 e. The van der Waals surface area contributed by atoms with Gasteiger partial charge in [-0.15, -0.1) is 0 Å². The van der Waals surface area contributed by atoms with Crippen molar-refractivity contribution in [3.8, 4) is 0 Å². The number of nitrogens with two attached hydrogens (primary N) is 2. The molecule has 0 saturated heterocycles. The highest BCUT2D eigenvalue weighted by Crippen LogP contribution is 2.15. The Bertz CT molecular complexity index is 544. The van der Waals surface area contributed by atoms with Crippen LogP contribution < -0.4 is 22.1 Å². The minimum atomic E-state index is -0.707. The molecule has 21 heavy (non-hydrogen) atoms. The van der Waals surface area contributed by atoms with Crippen LogP contribution in [0.15, 0.2) is 18.2 Å². The van der Waals surface area contributed by atoms with E-state index in [4.69, 9.17) is 11.5 Å². The van der Waals surface area contributed by atoms with Crippen LogP contribution >= 0.6 is 0 Å². The lowest BCUT2D eigenvalue weighted by molar-refractivity contribution is -0.115. The molecule has 0 aliphatic heterocycles. The first-order valence-corrected chi connectivity index (χ1v) is 6.38. The Balaban J connectivity index is 2.89. The summed E-state index contributed by atoms with van der Waals surface area (Å²) in [6.07, 6.45) is 0.